The van der Waals surface area contributed by atoms with Crippen LogP contribution in [0, 0.1) is 6.92 Å². The maximum Gasteiger partial charge on any atom is 0.101 e. The van der Waals surface area contributed by atoms with Crippen LogP contribution in [0.5, 0.6) is 0 Å². The highest BCUT2D eigenvalue weighted by Crippen LogP contribution is 2.04. The molecular weight excluding hydrogens is 176 g/mol. The number of rotatable bonds is 6. The van der Waals surface area contributed by atoms with Crippen molar-refractivity contribution in [2.24, 2.45) is 0 Å². The molecule has 14 heavy (non-hydrogen) atoms. The molecule has 0 aliphatic carbocycles. The van der Waals surface area contributed by atoms with E-state index in [1.54, 1.807) is 0 Å². The van der Waals surface area contributed by atoms with Crippen molar-refractivity contribution in [2.45, 2.75) is 20.4 Å². The van der Waals surface area contributed by atoms with Gasteiger partial charge in [0.25, 0.3) is 0 Å². The van der Waals surface area contributed by atoms with Gasteiger partial charge in [-0.1, -0.05) is 6.92 Å². The van der Waals surface area contributed by atoms with Gasteiger partial charge in [0.2, 0.25) is 0 Å². The van der Waals surface area contributed by atoms with Gasteiger partial charge in [0.1, 0.15) is 5.76 Å². The summed E-state index contributed by atoms with van der Waals surface area (Å²) in [4.78, 5) is 2.29. The van der Waals surface area contributed by atoms with E-state index in [9.17, 15) is 0 Å². The van der Waals surface area contributed by atoms with E-state index in [-0.39, 0.29) is 0 Å². The van der Waals surface area contributed by atoms with E-state index < -0.39 is 0 Å². The molecule has 0 aromatic carbocycles. The van der Waals surface area contributed by atoms with Crippen LogP contribution in [0.4, 0.5) is 0 Å². The number of furan rings is 1. The van der Waals surface area contributed by atoms with Gasteiger partial charge in [-0.05, 0) is 26.6 Å². The van der Waals surface area contributed by atoms with E-state index in [1.807, 2.05) is 13.2 Å². The average Bonchev–Trinajstić information content (AvgIpc) is 2.58. The third kappa shape index (κ3) is 3.94. The smallest absolute Gasteiger partial charge is 0.101 e. The topological polar surface area (TPSA) is 28.4 Å². The van der Waals surface area contributed by atoms with Gasteiger partial charge >= 0.3 is 0 Å². The Morgan fingerprint density at radius 2 is 2.29 bits per heavy atom. The first-order valence-corrected chi connectivity index (χ1v) is 5.15. The monoisotopic (exact) mass is 196 g/mol. The van der Waals surface area contributed by atoms with Crippen molar-refractivity contribution < 1.29 is 4.42 Å². The molecule has 3 nitrogen and oxygen atoms in total. The summed E-state index contributed by atoms with van der Waals surface area (Å²) in [6.07, 6.45) is 1.81. The van der Waals surface area contributed by atoms with Crippen LogP contribution >= 0.6 is 0 Å². The SMILES string of the molecule is CCN(C)CCNCc1coc(C)c1. The summed E-state index contributed by atoms with van der Waals surface area (Å²) in [5.74, 6) is 0.979. The number of hydrogen-bond donors (Lipinski definition) is 1. The van der Waals surface area contributed by atoms with E-state index in [4.69, 9.17) is 4.42 Å². The van der Waals surface area contributed by atoms with Gasteiger partial charge in [-0.15, -0.1) is 0 Å². The minimum absolute atomic E-state index is 0.898. The zero-order chi connectivity index (χ0) is 10.4. The maximum absolute atomic E-state index is 5.21. The van der Waals surface area contributed by atoms with Gasteiger partial charge in [-0.25, -0.2) is 0 Å². The van der Waals surface area contributed by atoms with Crippen molar-refractivity contribution in [2.75, 3.05) is 26.7 Å². The fourth-order valence-electron chi connectivity index (χ4n) is 1.25. The third-order valence-corrected chi connectivity index (χ3v) is 2.32. The highest BCUT2D eigenvalue weighted by Gasteiger charge is 1.97. The summed E-state index contributed by atoms with van der Waals surface area (Å²) in [5, 5.41) is 3.38. The first kappa shape index (κ1) is 11.3. The fraction of sp³-hybridized carbons (Fsp3) is 0.636. The first-order valence-electron chi connectivity index (χ1n) is 5.15. The van der Waals surface area contributed by atoms with Crippen molar-refractivity contribution in [3.05, 3.63) is 23.7 Å². The molecule has 0 bridgehead atoms. The van der Waals surface area contributed by atoms with E-state index in [1.165, 1.54) is 5.56 Å². The average molecular weight is 196 g/mol. The normalized spacial score (nSPS) is 11.1. The quantitative estimate of drug-likeness (QED) is 0.701. The van der Waals surface area contributed by atoms with Crippen LogP contribution in [0.25, 0.3) is 0 Å². The predicted octanol–water partition coefficient (Wildman–Crippen LogP) is 1.63. The van der Waals surface area contributed by atoms with Crippen LogP contribution in [0.1, 0.15) is 18.2 Å². The lowest BCUT2D eigenvalue weighted by Crippen LogP contribution is -2.28. The van der Waals surface area contributed by atoms with Crippen LogP contribution in [0.2, 0.25) is 0 Å². The molecule has 0 saturated heterocycles. The van der Waals surface area contributed by atoms with Crippen molar-refractivity contribution in [3.63, 3.8) is 0 Å². The largest absolute Gasteiger partial charge is 0.469 e. The molecule has 1 N–H and O–H groups in total. The van der Waals surface area contributed by atoms with Crippen molar-refractivity contribution in [1.29, 1.82) is 0 Å². The molecule has 0 amide bonds. The number of hydrogen-bond acceptors (Lipinski definition) is 3. The minimum Gasteiger partial charge on any atom is -0.469 e. The van der Waals surface area contributed by atoms with E-state index in [0.29, 0.717) is 0 Å². The summed E-state index contributed by atoms with van der Waals surface area (Å²) in [7, 11) is 2.13. The lowest BCUT2D eigenvalue weighted by molar-refractivity contribution is 0.349. The molecule has 0 radical (unpaired) electrons. The number of likely N-dealkylation sites (N-methyl/N-ethyl adjacent to an activating group) is 1. The number of nitrogens with one attached hydrogen (secondary N) is 1. The second-order valence-electron chi connectivity index (χ2n) is 3.64. The molecule has 0 aliphatic heterocycles. The molecule has 0 saturated carbocycles. The molecule has 0 aliphatic rings. The lowest BCUT2D eigenvalue weighted by Gasteiger charge is -2.13. The van der Waals surface area contributed by atoms with Gasteiger partial charge in [0.05, 0.1) is 6.26 Å². The fourth-order valence-corrected chi connectivity index (χ4v) is 1.25. The second-order valence-corrected chi connectivity index (χ2v) is 3.64. The summed E-state index contributed by atoms with van der Waals surface area (Å²) in [6.45, 7) is 8.25. The van der Waals surface area contributed by atoms with Crippen molar-refractivity contribution >= 4 is 0 Å². The summed E-state index contributed by atoms with van der Waals surface area (Å²) in [5.41, 5.74) is 1.22. The Kier molecular flexibility index (Phi) is 4.70. The van der Waals surface area contributed by atoms with Gasteiger partial charge in [0.15, 0.2) is 0 Å². The Morgan fingerprint density at radius 3 is 2.86 bits per heavy atom. The molecule has 1 aromatic heterocycles. The summed E-state index contributed by atoms with van der Waals surface area (Å²) in [6, 6.07) is 2.07. The van der Waals surface area contributed by atoms with Crippen molar-refractivity contribution in [3.8, 4) is 0 Å². The van der Waals surface area contributed by atoms with E-state index in [0.717, 1.165) is 31.9 Å². The highest BCUT2D eigenvalue weighted by molar-refractivity contribution is 5.10. The molecule has 0 spiro atoms. The molecule has 0 unspecified atom stereocenters. The van der Waals surface area contributed by atoms with Gasteiger partial charge < -0.3 is 14.6 Å². The minimum atomic E-state index is 0.898. The molecule has 1 aromatic rings. The molecule has 1 heterocycles. The summed E-state index contributed by atoms with van der Waals surface area (Å²) < 4.78 is 5.21. The van der Waals surface area contributed by atoms with E-state index >= 15 is 0 Å². The molecule has 1 rings (SSSR count). The van der Waals surface area contributed by atoms with Crippen LogP contribution in [0.15, 0.2) is 16.7 Å². The number of aryl methyl sites for hydroxylation is 1. The standard InChI is InChI=1S/C11H20N2O/c1-4-13(3)6-5-12-8-11-7-10(2)14-9-11/h7,9,12H,4-6,8H2,1-3H3. The van der Waals surface area contributed by atoms with Gasteiger partial charge in [-0.2, -0.15) is 0 Å². The first-order chi connectivity index (χ1) is 6.72. The van der Waals surface area contributed by atoms with Gasteiger partial charge in [-0.3, -0.25) is 0 Å². The van der Waals surface area contributed by atoms with Crippen LogP contribution < -0.4 is 5.32 Å². The molecule has 0 atom stereocenters. The molecule has 3 heteroatoms. The Balaban J connectivity index is 2.10. The Labute approximate surface area is 86.1 Å². The zero-order valence-corrected chi connectivity index (χ0v) is 9.34. The Bertz CT molecular complexity index is 258. The van der Waals surface area contributed by atoms with Crippen LogP contribution in [0.3, 0.4) is 0 Å². The van der Waals surface area contributed by atoms with Gasteiger partial charge in [0, 0.05) is 25.2 Å². The van der Waals surface area contributed by atoms with E-state index in [2.05, 4.69) is 30.3 Å². The predicted molar refractivity (Wildman–Crippen MR) is 58.3 cm³/mol. The third-order valence-electron chi connectivity index (χ3n) is 2.32. The Morgan fingerprint density at radius 1 is 1.50 bits per heavy atom. The maximum atomic E-state index is 5.21. The molecule has 80 valence electrons. The van der Waals surface area contributed by atoms with Crippen LogP contribution in [-0.4, -0.2) is 31.6 Å². The van der Waals surface area contributed by atoms with Crippen LogP contribution in [-0.2, 0) is 6.54 Å². The summed E-state index contributed by atoms with van der Waals surface area (Å²) >= 11 is 0. The number of nitrogens with zero attached hydrogens (tertiary/aromatic N) is 1. The lowest BCUT2D eigenvalue weighted by atomic mass is 10.3. The van der Waals surface area contributed by atoms with Crippen molar-refractivity contribution in [1.82, 2.24) is 10.2 Å². The Hall–Kier alpha value is -0.800. The second kappa shape index (κ2) is 5.83. The highest BCUT2D eigenvalue weighted by atomic mass is 16.3. The molecule has 0 fully saturated rings. The molecular formula is C11H20N2O. The zero-order valence-electron chi connectivity index (χ0n) is 9.34.